The lowest BCUT2D eigenvalue weighted by Crippen LogP contribution is -2.26. The van der Waals surface area contributed by atoms with Crippen LogP contribution in [0.3, 0.4) is 0 Å². The van der Waals surface area contributed by atoms with Gasteiger partial charge in [0.2, 0.25) is 6.10 Å². The average Bonchev–Trinajstić information content (AvgIpc) is 2.71. The number of esters is 1. The second kappa shape index (κ2) is 8.74. The molecule has 148 valence electrons. The van der Waals surface area contributed by atoms with Gasteiger partial charge < -0.3 is 10.1 Å². The predicted octanol–water partition coefficient (Wildman–Crippen LogP) is 5.46. The van der Waals surface area contributed by atoms with Crippen LogP contribution in [0.5, 0.6) is 0 Å². The van der Waals surface area contributed by atoms with Gasteiger partial charge in [-0.05, 0) is 68.1 Å². The van der Waals surface area contributed by atoms with Crippen molar-refractivity contribution in [2.75, 3.05) is 5.32 Å². The molecule has 3 aromatic carbocycles. The predicted molar refractivity (Wildman–Crippen MR) is 115 cm³/mol. The maximum Gasteiger partial charge on any atom is 0.339 e. The standard InChI is InChI=1S/C25H25NO3/c1-16-10-11-18(3)22(14-16)26-24(27)23(20-8-6-5-7-9-20)29-25(28)21-13-12-17(2)19(4)15-21/h5-15,23H,1-4H3,(H,26,27)/t23-/m1/s1. The van der Waals surface area contributed by atoms with E-state index in [9.17, 15) is 9.59 Å². The second-order valence-corrected chi connectivity index (χ2v) is 7.30. The van der Waals surface area contributed by atoms with E-state index < -0.39 is 12.1 Å². The summed E-state index contributed by atoms with van der Waals surface area (Å²) in [6.45, 7) is 7.81. The number of carbonyl (C=O) groups excluding carboxylic acids is 2. The minimum atomic E-state index is -1.05. The molecule has 0 unspecified atom stereocenters. The maximum atomic E-state index is 13.1. The number of benzene rings is 3. The van der Waals surface area contributed by atoms with E-state index in [1.54, 1.807) is 24.3 Å². The summed E-state index contributed by atoms with van der Waals surface area (Å²) < 4.78 is 5.67. The number of rotatable bonds is 5. The average molecular weight is 387 g/mol. The molecule has 0 fully saturated rings. The fourth-order valence-corrected chi connectivity index (χ4v) is 3.01. The molecule has 0 saturated heterocycles. The number of nitrogens with one attached hydrogen (secondary N) is 1. The van der Waals surface area contributed by atoms with Gasteiger partial charge in [0, 0.05) is 11.3 Å². The van der Waals surface area contributed by atoms with Crippen LogP contribution in [0.2, 0.25) is 0 Å². The summed E-state index contributed by atoms with van der Waals surface area (Å²) >= 11 is 0. The molecule has 0 aliphatic rings. The molecule has 0 spiro atoms. The molecule has 3 aromatic rings. The van der Waals surface area contributed by atoms with Crippen LogP contribution in [0.4, 0.5) is 5.69 Å². The van der Waals surface area contributed by atoms with Crippen LogP contribution >= 0.6 is 0 Å². The summed E-state index contributed by atoms with van der Waals surface area (Å²) in [5, 5.41) is 2.91. The lowest BCUT2D eigenvalue weighted by atomic mass is 10.1. The van der Waals surface area contributed by atoms with Crippen LogP contribution in [-0.4, -0.2) is 11.9 Å². The van der Waals surface area contributed by atoms with E-state index in [4.69, 9.17) is 4.74 Å². The number of anilines is 1. The van der Waals surface area contributed by atoms with Gasteiger partial charge in [0.1, 0.15) is 0 Å². The highest BCUT2D eigenvalue weighted by molar-refractivity contribution is 5.98. The molecule has 1 atom stereocenters. The van der Waals surface area contributed by atoms with Crippen molar-refractivity contribution in [3.05, 3.63) is 100 Å². The summed E-state index contributed by atoms with van der Waals surface area (Å²) in [6, 6.07) is 20.3. The van der Waals surface area contributed by atoms with E-state index in [-0.39, 0.29) is 5.91 Å². The largest absolute Gasteiger partial charge is 0.444 e. The van der Waals surface area contributed by atoms with Crippen molar-refractivity contribution >= 4 is 17.6 Å². The van der Waals surface area contributed by atoms with E-state index in [0.717, 1.165) is 22.3 Å². The zero-order valence-corrected chi connectivity index (χ0v) is 17.2. The van der Waals surface area contributed by atoms with Gasteiger partial charge in [0.15, 0.2) is 0 Å². The lowest BCUT2D eigenvalue weighted by Gasteiger charge is -2.19. The Bertz CT molecular complexity index is 1040. The van der Waals surface area contributed by atoms with Gasteiger partial charge >= 0.3 is 5.97 Å². The molecular weight excluding hydrogens is 362 g/mol. The first-order chi connectivity index (χ1) is 13.8. The van der Waals surface area contributed by atoms with Crippen LogP contribution in [0.15, 0.2) is 66.7 Å². The van der Waals surface area contributed by atoms with E-state index in [0.29, 0.717) is 16.8 Å². The highest BCUT2D eigenvalue weighted by Gasteiger charge is 2.26. The first-order valence-electron chi connectivity index (χ1n) is 9.56. The third-order valence-corrected chi connectivity index (χ3v) is 4.96. The van der Waals surface area contributed by atoms with Crippen LogP contribution < -0.4 is 5.32 Å². The molecule has 1 N–H and O–H groups in total. The van der Waals surface area contributed by atoms with E-state index in [1.165, 1.54) is 0 Å². The summed E-state index contributed by atoms with van der Waals surface area (Å²) in [4.78, 5) is 25.8. The third kappa shape index (κ3) is 4.91. The normalized spacial score (nSPS) is 11.6. The maximum absolute atomic E-state index is 13.1. The van der Waals surface area contributed by atoms with Crippen molar-refractivity contribution < 1.29 is 14.3 Å². The summed E-state index contributed by atoms with van der Waals surface area (Å²) in [7, 11) is 0. The van der Waals surface area contributed by atoms with Gasteiger partial charge in [-0.2, -0.15) is 0 Å². The molecule has 0 saturated carbocycles. The quantitative estimate of drug-likeness (QED) is 0.592. The van der Waals surface area contributed by atoms with Crippen molar-refractivity contribution in [1.82, 2.24) is 0 Å². The molecule has 0 aromatic heterocycles. The zero-order valence-electron chi connectivity index (χ0n) is 17.2. The van der Waals surface area contributed by atoms with Crippen molar-refractivity contribution in [3.63, 3.8) is 0 Å². The number of hydrogen-bond acceptors (Lipinski definition) is 3. The molecule has 0 heterocycles. The molecule has 0 aliphatic carbocycles. The first kappa shape index (κ1) is 20.3. The molecule has 0 aliphatic heterocycles. The van der Waals surface area contributed by atoms with Gasteiger partial charge in [-0.15, -0.1) is 0 Å². The van der Waals surface area contributed by atoms with E-state index >= 15 is 0 Å². The van der Waals surface area contributed by atoms with Crippen molar-refractivity contribution in [3.8, 4) is 0 Å². The lowest BCUT2D eigenvalue weighted by molar-refractivity contribution is -0.125. The van der Waals surface area contributed by atoms with Crippen molar-refractivity contribution in [1.29, 1.82) is 0 Å². The van der Waals surface area contributed by atoms with E-state index in [1.807, 2.05) is 70.2 Å². The Labute approximate surface area is 171 Å². The highest BCUT2D eigenvalue weighted by Crippen LogP contribution is 2.24. The topological polar surface area (TPSA) is 55.4 Å². The highest BCUT2D eigenvalue weighted by atomic mass is 16.5. The Balaban J connectivity index is 1.88. The van der Waals surface area contributed by atoms with Crippen molar-refractivity contribution in [2.24, 2.45) is 0 Å². The first-order valence-corrected chi connectivity index (χ1v) is 9.56. The van der Waals surface area contributed by atoms with Crippen LogP contribution in [0, 0.1) is 27.7 Å². The molecule has 29 heavy (non-hydrogen) atoms. The van der Waals surface area contributed by atoms with Crippen LogP contribution in [0.1, 0.15) is 44.3 Å². The third-order valence-electron chi connectivity index (χ3n) is 4.96. The summed E-state index contributed by atoms with van der Waals surface area (Å²) in [5.41, 5.74) is 5.81. The second-order valence-electron chi connectivity index (χ2n) is 7.30. The smallest absolute Gasteiger partial charge is 0.339 e. The molecule has 4 nitrogen and oxygen atoms in total. The van der Waals surface area contributed by atoms with Gasteiger partial charge in [0.25, 0.3) is 5.91 Å². The van der Waals surface area contributed by atoms with Crippen LogP contribution in [-0.2, 0) is 9.53 Å². The summed E-state index contributed by atoms with van der Waals surface area (Å²) in [6.07, 6.45) is -1.05. The minimum absolute atomic E-state index is 0.387. The SMILES string of the molecule is Cc1ccc(C)c(NC(=O)[C@H](OC(=O)c2ccc(C)c(C)c2)c2ccccc2)c1. The number of aryl methyl sites for hydroxylation is 4. The fraction of sp³-hybridized carbons (Fsp3) is 0.200. The van der Waals surface area contributed by atoms with Gasteiger partial charge in [-0.25, -0.2) is 4.79 Å². The molecule has 4 heteroatoms. The number of carbonyl (C=O) groups is 2. The molecular formula is C25H25NO3. The Hall–Kier alpha value is -3.40. The zero-order chi connectivity index (χ0) is 21.0. The molecule has 0 radical (unpaired) electrons. The number of amides is 1. The Morgan fingerprint density at radius 2 is 1.48 bits per heavy atom. The molecule has 3 rings (SSSR count). The Kier molecular flexibility index (Phi) is 6.13. The number of ether oxygens (including phenoxy) is 1. The Morgan fingerprint density at radius 1 is 0.793 bits per heavy atom. The number of hydrogen-bond donors (Lipinski definition) is 1. The van der Waals surface area contributed by atoms with Crippen LogP contribution in [0.25, 0.3) is 0 Å². The van der Waals surface area contributed by atoms with Gasteiger partial charge in [0.05, 0.1) is 5.56 Å². The summed E-state index contributed by atoms with van der Waals surface area (Å²) in [5.74, 6) is -0.917. The monoisotopic (exact) mass is 387 g/mol. The van der Waals surface area contributed by atoms with E-state index in [2.05, 4.69) is 5.32 Å². The fourth-order valence-electron chi connectivity index (χ4n) is 3.01. The van der Waals surface area contributed by atoms with Gasteiger partial charge in [-0.3, -0.25) is 4.79 Å². The van der Waals surface area contributed by atoms with Crippen molar-refractivity contribution in [2.45, 2.75) is 33.8 Å². The molecule has 0 bridgehead atoms. The van der Waals surface area contributed by atoms with Gasteiger partial charge in [-0.1, -0.05) is 48.5 Å². The Morgan fingerprint density at radius 3 is 2.17 bits per heavy atom. The minimum Gasteiger partial charge on any atom is -0.444 e. The molecule has 1 amide bonds.